The van der Waals surface area contributed by atoms with E-state index in [9.17, 15) is 8.78 Å². The van der Waals surface area contributed by atoms with E-state index in [1.807, 2.05) is 12.1 Å². The van der Waals surface area contributed by atoms with Gasteiger partial charge in [-0.1, -0.05) is 0 Å². The van der Waals surface area contributed by atoms with Crippen LogP contribution in [0.5, 0.6) is 17.2 Å². The first-order valence-electron chi connectivity index (χ1n) is 7.37. The lowest BCUT2D eigenvalue weighted by atomic mass is 10.2. The van der Waals surface area contributed by atoms with E-state index in [1.54, 1.807) is 13.2 Å². The third-order valence-electron chi connectivity index (χ3n) is 3.65. The van der Waals surface area contributed by atoms with Gasteiger partial charge in [-0.25, -0.2) is 18.7 Å². The highest BCUT2D eigenvalue weighted by Crippen LogP contribution is 2.32. The van der Waals surface area contributed by atoms with Gasteiger partial charge in [-0.3, -0.25) is 0 Å². The zero-order valence-electron chi connectivity index (χ0n) is 12.7. The number of rotatable bonds is 5. The Morgan fingerprint density at radius 3 is 2.26 bits per heavy atom. The van der Waals surface area contributed by atoms with Crippen molar-refractivity contribution in [3.05, 3.63) is 36.4 Å². The molecule has 0 radical (unpaired) electrons. The molecule has 122 valence electrons. The van der Waals surface area contributed by atoms with Crippen LogP contribution in [-0.4, -0.2) is 30.2 Å². The molecule has 0 bridgehead atoms. The number of aromatic nitrogens is 2. The Bertz CT molecular complexity index is 659. The maximum atomic E-state index is 12.5. The number of anilines is 1. The first-order valence-corrected chi connectivity index (χ1v) is 7.37. The van der Waals surface area contributed by atoms with E-state index in [0.29, 0.717) is 17.2 Å². The van der Waals surface area contributed by atoms with Gasteiger partial charge >= 0.3 is 0 Å². The van der Waals surface area contributed by atoms with E-state index in [1.165, 1.54) is 12.4 Å². The summed E-state index contributed by atoms with van der Waals surface area (Å²) in [6.45, 7) is 2.00. The summed E-state index contributed by atoms with van der Waals surface area (Å²) >= 11 is 0. The fraction of sp³-hybridized carbons (Fsp3) is 0.375. The van der Waals surface area contributed by atoms with E-state index in [0.717, 1.165) is 31.6 Å². The normalized spacial score (nSPS) is 14.3. The van der Waals surface area contributed by atoms with Crippen molar-refractivity contribution in [2.75, 3.05) is 25.1 Å². The first-order chi connectivity index (χ1) is 11.2. The highest BCUT2D eigenvalue weighted by Gasteiger charge is 2.15. The van der Waals surface area contributed by atoms with Crippen molar-refractivity contribution in [3.63, 3.8) is 0 Å². The Balaban J connectivity index is 1.82. The van der Waals surface area contributed by atoms with Gasteiger partial charge in [0.15, 0.2) is 11.6 Å². The van der Waals surface area contributed by atoms with Crippen molar-refractivity contribution in [2.24, 2.45) is 0 Å². The molecule has 0 N–H and O–H groups in total. The lowest BCUT2D eigenvalue weighted by molar-refractivity contribution is 0.140. The number of methoxy groups -OCH3 is 1. The minimum absolute atomic E-state index is 0.301. The number of alkyl halides is 2. The molecule has 0 aliphatic carbocycles. The highest BCUT2D eigenvalue weighted by molar-refractivity contribution is 5.56. The lowest BCUT2D eigenvalue weighted by Gasteiger charge is -2.19. The smallest absolute Gasteiger partial charge is 0.297 e. The van der Waals surface area contributed by atoms with Gasteiger partial charge < -0.3 is 14.4 Å². The van der Waals surface area contributed by atoms with Crippen LogP contribution in [0.4, 0.5) is 14.5 Å². The number of nitrogens with zero attached hydrogens (tertiary/aromatic N) is 3. The summed E-state index contributed by atoms with van der Waals surface area (Å²) in [6.07, 6.45) is 2.11. The number of benzene rings is 1. The standard InChI is InChI=1S/C16H17F2N3O2/c1-22-12-6-11(21-4-2-3-5-21)7-13(8-12)23-14-9-19-16(15(17)18)20-10-14/h6-10,15H,2-5H2,1H3. The lowest BCUT2D eigenvalue weighted by Crippen LogP contribution is -2.17. The van der Waals surface area contributed by atoms with Crippen LogP contribution in [0.15, 0.2) is 30.6 Å². The molecule has 5 nitrogen and oxygen atoms in total. The van der Waals surface area contributed by atoms with Crippen LogP contribution in [0, 0.1) is 0 Å². The van der Waals surface area contributed by atoms with Crippen LogP contribution >= 0.6 is 0 Å². The van der Waals surface area contributed by atoms with E-state index >= 15 is 0 Å². The van der Waals surface area contributed by atoms with Crippen molar-refractivity contribution in [1.82, 2.24) is 9.97 Å². The van der Waals surface area contributed by atoms with Crippen molar-refractivity contribution >= 4 is 5.69 Å². The van der Waals surface area contributed by atoms with Crippen molar-refractivity contribution < 1.29 is 18.3 Å². The second-order valence-electron chi connectivity index (χ2n) is 5.24. The zero-order valence-corrected chi connectivity index (χ0v) is 12.7. The van der Waals surface area contributed by atoms with Crippen LogP contribution in [0.1, 0.15) is 25.1 Å². The van der Waals surface area contributed by atoms with Crippen LogP contribution in [-0.2, 0) is 0 Å². The summed E-state index contributed by atoms with van der Waals surface area (Å²) in [6, 6.07) is 5.59. The van der Waals surface area contributed by atoms with Gasteiger partial charge in [-0.15, -0.1) is 0 Å². The van der Waals surface area contributed by atoms with Gasteiger partial charge in [0.05, 0.1) is 19.5 Å². The van der Waals surface area contributed by atoms with Crippen LogP contribution in [0.2, 0.25) is 0 Å². The maximum absolute atomic E-state index is 12.5. The fourth-order valence-electron chi connectivity index (χ4n) is 2.52. The molecule has 23 heavy (non-hydrogen) atoms. The number of ether oxygens (including phenoxy) is 2. The zero-order chi connectivity index (χ0) is 16.2. The number of hydrogen-bond donors (Lipinski definition) is 0. The Morgan fingerprint density at radius 2 is 1.65 bits per heavy atom. The Morgan fingerprint density at radius 1 is 1.00 bits per heavy atom. The Kier molecular flexibility index (Phi) is 4.55. The van der Waals surface area contributed by atoms with E-state index in [2.05, 4.69) is 14.9 Å². The molecule has 1 aliphatic heterocycles. The average molecular weight is 321 g/mol. The van der Waals surface area contributed by atoms with Gasteiger partial charge in [-0.05, 0) is 12.8 Å². The summed E-state index contributed by atoms with van der Waals surface area (Å²) in [5.74, 6) is 1.02. The van der Waals surface area contributed by atoms with Gasteiger partial charge in [0.2, 0.25) is 0 Å². The highest BCUT2D eigenvalue weighted by atomic mass is 19.3. The third-order valence-corrected chi connectivity index (χ3v) is 3.65. The summed E-state index contributed by atoms with van der Waals surface area (Å²) in [5.41, 5.74) is 1.02. The molecule has 0 atom stereocenters. The fourth-order valence-corrected chi connectivity index (χ4v) is 2.52. The molecule has 3 rings (SSSR count). The molecule has 0 unspecified atom stereocenters. The molecule has 1 aliphatic rings. The summed E-state index contributed by atoms with van der Waals surface area (Å²) in [4.78, 5) is 9.43. The molecule has 7 heteroatoms. The van der Waals surface area contributed by atoms with Crippen molar-refractivity contribution in [3.8, 4) is 17.2 Å². The molecule has 0 saturated carbocycles. The summed E-state index contributed by atoms with van der Waals surface area (Å²) < 4.78 is 35.9. The first kappa shape index (κ1) is 15.5. The predicted octanol–water partition coefficient (Wildman–Crippen LogP) is 3.82. The van der Waals surface area contributed by atoms with E-state index in [-0.39, 0.29) is 0 Å². The van der Waals surface area contributed by atoms with Gasteiger partial charge in [0.25, 0.3) is 6.43 Å². The maximum Gasteiger partial charge on any atom is 0.297 e. The van der Waals surface area contributed by atoms with Gasteiger partial charge in [0.1, 0.15) is 11.5 Å². The van der Waals surface area contributed by atoms with Crippen LogP contribution in [0.3, 0.4) is 0 Å². The van der Waals surface area contributed by atoms with Crippen LogP contribution in [0.25, 0.3) is 0 Å². The quantitative estimate of drug-likeness (QED) is 0.838. The second kappa shape index (κ2) is 6.76. The Hall–Kier alpha value is -2.44. The molecule has 0 amide bonds. The Labute approximate surface area is 132 Å². The number of hydrogen-bond acceptors (Lipinski definition) is 5. The molecular formula is C16H17F2N3O2. The monoisotopic (exact) mass is 321 g/mol. The predicted molar refractivity (Wildman–Crippen MR) is 81.5 cm³/mol. The topological polar surface area (TPSA) is 47.5 Å². The second-order valence-corrected chi connectivity index (χ2v) is 5.24. The van der Waals surface area contributed by atoms with Gasteiger partial charge in [-0.2, -0.15) is 0 Å². The molecule has 1 fully saturated rings. The van der Waals surface area contributed by atoms with Gasteiger partial charge in [0, 0.05) is 37.0 Å². The summed E-state index contributed by atoms with van der Waals surface area (Å²) in [7, 11) is 1.59. The average Bonchev–Trinajstić information content (AvgIpc) is 3.09. The van der Waals surface area contributed by atoms with Crippen LogP contribution < -0.4 is 14.4 Å². The molecular weight excluding hydrogens is 304 g/mol. The largest absolute Gasteiger partial charge is 0.497 e. The van der Waals surface area contributed by atoms with E-state index in [4.69, 9.17) is 9.47 Å². The number of halogens is 2. The molecule has 2 heterocycles. The molecule has 1 aromatic heterocycles. The van der Waals surface area contributed by atoms with E-state index < -0.39 is 12.2 Å². The molecule has 1 saturated heterocycles. The SMILES string of the molecule is COc1cc(Oc2cnc(C(F)F)nc2)cc(N2CCCC2)c1. The minimum Gasteiger partial charge on any atom is -0.497 e. The van der Waals surface area contributed by atoms with Crippen molar-refractivity contribution in [2.45, 2.75) is 19.3 Å². The minimum atomic E-state index is -2.69. The molecule has 0 spiro atoms. The molecule has 1 aromatic carbocycles. The third kappa shape index (κ3) is 3.67. The molecule has 2 aromatic rings. The van der Waals surface area contributed by atoms with Crippen molar-refractivity contribution in [1.29, 1.82) is 0 Å². The summed E-state index contributed by atoms with van der Waals surface area (Å²) in [5, 5.41) is 0.